The van der Waals surface area contributed by atoms with Crippen LogP contribution in [-0.4, -0.2) is 69.7 Å². The summed E-state index contributed by atoms with van der Waals surface area (Å²) in [6, 6.07) is 0. The summed E-state index contributed by atoms with van der Waals surface area (Å²) in [7, 11) is -2.41. The molecular weight excluding hydrogens is 325 g/mol. The zero-order valence-electron chi connectivity index (χ0n) is 14.8. The number of nitrogens with zero attached hydrogens (tertiary/aromatic N) is 1. The molecule has 0 radical (unpaired) electrons. The molecule has 0 heterocycles. The molecule has 0 aromatic rings. The summed E-state index contributed by atoms with van der Waals surface area (Å²) < 4.78 is 32.2. The molecule has 0 spiro atoms. The number of quaternary nitrogens is 1. The van der Waals surface area contributed by atoms with Crippen molar-refractivity contribution in [2.75, 3.05) is 53.1 Å². The van der Waals surface area contributed by atoms with Crippen LogP contribution in [0, 0.1) is 0 Å². The van der Waals surface area contributed by atoms with Crippen molar-refractivity contribution in [3.05, 3.63) is 0 Å². The van der Waals surface area contributed by atoms with E-state index in [1.807, 2.05) is 20.9 Å². The average molecular weight is 355 g/mol. The van der Waals surface area contributed by atoms with E-state index in [0.29, 0.717) is 17.6 Å². The number of carbonyl (C=O) groups excluding carboxylic acids is 1. The molecule has 23 heavy (non-hydrogen) atoms. The Balaban J connectivity index is 4.31. The maximum atomic E-state index is 11.8. The lowest BCUT2D eigenvalue weighted by atomic mass is 10.4. The minimum atomic E-state index is -4.44. The van der Waals surface area contributed by atoms with Crippen molar-refractivity contribution in [1.82, 2.24) is 0 Å². The number of phosphoric ester groups is 1. The molecule has 0 N–H and O–H groups in total. The Hall–Kier alpha value is -0.500. The Morgan fingerprint density at radius 3 is 2.26 bits per heavy atom. The van der Waals surface area contributed by atoms with Crippen molar-refractivity contribution in [3.63, 3.8) is 0 Å². The van der Waals surface area contributed by atoms with Gasteiger partial charge in [0, 0.05) is 13.5 Å². The lowest BCUT2D eigenvalue weighted by molar-refractivity contribution is -0.906. The molecule has 0 aliphatic rings. The van der Waals surface area contributed by atoms with Crippen LogP contribution in [0.3, 0.4) is 0 Å². The Kier molecular flexibility index (Phi) is 10.9. The first-order valence-electron chi connectivity index (χ1n) is 7.86. The molecule has 0 bridgehead atoms. The van der Waals surface area contributed by atoms with Gasteiger partial charge in [0.1, 0.15) is 19.3 Å². The Bertz CT molecular complexity index is 387. The number of ether oxygens (including phenoxy) is 2. The van der Waals surface area contributed by atoms with Crippen molar-refractivity contribution in [2.45, 2.75) is 33.8 Å². The molecule has 0 rings (SSSR count). The third-order valence-electron chi connectivity index (χ3n) is 3.67. The number of hydrogen-bond donors (Lipinski definition) is 0. The summed E-state index contributed by atoms with van der Waals surface area (Å²) in [5, 5.41) is 0. The van der Waals surface area contributed by atoms with Gasteiger partial charge in [0.2, 0.25) is 0 Å². The standard InChI is InChI=1S/C14H30NO7P/c1-6-15(5,7-2)9-10-20-23(17,18)21-12-14(11-19-8-3)22-13(4)16/h14H,6-12H2,1-5H3/t14-/m0/s1. The van der Waals surface area contributed by atoms with E-state index in [1.54, 1.807) is 6.92 Å². The van der Waals surface area contributed by atoms with Gasteiger partial charge < -0.3 is 27.9 Å². The highest BCUT2D eigenvalue weighted by atomic mass is 31.2. The quantitative estimate of drug-likeness (QED) is 0.276. The van der Waals surface area contributed by atoms with Crippen LogP contribution in [0.15, 0.2) is 0 Å². The van der Waals surface area contributed by atoms with E-state index in [4.69, 9.17) is 18.5 Å². The van der Waals surface area contributed by atoms with E-state index in [-0.39, 0.29) is 19.8 Å². The predicted molar refractivity (Wildman–Crippen MR) is 83.7 cm³/mol. The maximum absolute atomic E-state index is 11.8. The van der Waals surface area contributed by atoms with Crippen LogP contribution < -0.4 is 4.89 Å². The zero-order chi connectivity index (χ0) is 17.9. The van der Waals surface area contributed by atoms with Gasteiger partial charge in [0.25, 0.3) is 7.82 Å². The topological polar surface area (TPSA) is 94.1 Å². The SMILES string of the molecule is CCOC[C@@H](COP(=O)([O-])OCC[N+](C)(CC)CC)OC(C)=O. The van der Waals surface area contributed by atoms with Gasteiger partial charge in [-0.05, 0) is 20.8 Å². The van der Waals surface area contributed by atoms with Gasteiger partial charge in [-0.15, -0.1) is 0 Å². The van der Waals surface area contributed by atoms with Gasteiger partial charge in [-0.3, -0.25) is 9.36 Å². The molecule has 0 amide bonds. The third-order valence-corrected chi connectivity index (χ3v) is 4.63. The smallest absolute Gasteiger partial charge is 0.303 e. The van der Waals surface area contributed by atoms with Gasteiger partial charge in [-0.25, -0.2) is 0 Å². The summed E-state index contributed by atoms with van der Waals surface area (Å²) in [6.07, 6.45) is -0.786. The highest BCUT2D eigenvalue weighted by molar-refractivity contribution is 7.45. The molecule has 0 fully saturated rings. The van der Waals surface area contributed by atoms with Crippen LogP contribution in [0.2, 0.25) is 0 Å². The Morgan fingerprint density at radius 2 is 1.78 bits per heavy atom. The van der Waals surface area contributed by atoms with Gasteiger partial charge in [-0.2, -0.15) is 0 Å². The van der Waals surface area contributed by atoms with E-state index in [0.717, 1.165) is 13.1 Å². The lowest BCUT2D eigenvalue weighted by Crippen LogP contribution is -2.45. The predicted octanol–water partition coefficient (Wildman–Crippen LogP) is 0.943. The van der Waals surface area contributed by atoms with E-state index in [1.165, 1.54) is 6.92 Å². The lowest BCUT2D eigenvalue weighted by Gasteiger charge is -2.33. The van der Waals surface area contributed by atoms with E-state index in [9.17, 15) is 14.3 Å². The summed E-state index contributed by atoms with van der Waals surface area (Å²) in [5.74, 6) is -0.529. The van der Waals surface area contributed by atoms with Crippen LogP contribution in [0.4, 0.5) is 0 Å². The highest BCUT2D eigenvalue weighted by Gasteiger charge is 2.20. The van der Waals surface area contributed by atoms with Gasteiger partial charge in [-0.1, -0.05) is 0 Å². The average Bonchev–Trinajstić information content (AvgIpc) is 2.49. The monoisotopic (exact) mass is 355 g/mol. The van der Waals surface area contributed by atoms with Crippen LogP contribution in [0.25, 0.3) is 0 Å². The Morgan fingerprint density at radius 1 is 1.17 bits per heavy atom. The fourth-order valence-electron chi connectivity index (χ4n) is 1.72. The van der Waals surface area contributed by atoms with Crippen LogP contribution in [-0.2, 0) is 27.9 Å². The number of phosphoric acid groups is 1. The first-order chi connectivity index (χ1) is 10.7. The molecule has 0 aromatic heterocycles. The van der Waals surface area contributed by atoms with Gasteiger partial charge in [0.05, 0.1) is 33.4 Å². The second-order valence-electron chi connectivity index (χ2n) is 5.44. The van der Waals surface area contributed by atoms with Crippen molar-refractivity contribution < 1.29 is 37.3 Å². The summed E-state index contributed by atoms with van der Waals surface area (Å²) in [6.45, 7) is 9.63. The van der Waals surface area contributed by atoms with Crippen molar-refractivity contribution in [3.8, 4) is 0 Å². The number of esters is 1. The fourth-order valence-corrected chi connectivity index (χ4v) is 2.45. The summed E-state index contributed by atoms with van der Waals surface area (Å²) >= 11 is 0. The summed E-state index contributed by atoms with van der Waals surface area (Å²) in [5.41, 5.74) is 0. The minimum absolute atomic E-state index is 0.0443. The molecule has 1 unspecified atom stereocenters. The highest BCUT2D eigenvalue weighted by Crippen LogP contribution is 2.38. The van der Waals surface area contributed by atoms with Crippen molar-refractivity contribution in [1.29, 1.82) is 0 Å². The normalized spacial score (nSPS) is 15.9. The number of hydrogen-bond acceptors (Lipinski definition) is 7. The number of likely N-dealkylation sites (N-methyl/N-ethyl adjacent to an activating group) is 1. The molecule has 0 aliphatic carbocycles. The number of carbonyl (C=O) groups is 1. The van der Waals surface area contributed by atoms with E-state index < -0.39 is 19.9 Å². The molecule has 138 valence electrons. The Labute approximate surface area is 138 Å². The largest absolute Gasteiger partial charge is 0.756 e. The second-order valence-corrected chi connectivity index (χ2v) is 6.85. The molecule has 0 aliphatic heterocycles. The molecule has 0 aromatic carbocycles. The van der Waals surface area contributed by atoms with E-state index >= 15 is 0 Å². The molecule has 0 saturated heterocycles. The van der Waals surface area contributed by atoms with Gasteiger partial charge >= 0.3 is 5.97 Å². The minimum Gasteiger partial charge on any atom is -0.756 e. The molecule has 8 nitrogen and oxygen atoms in total. The zero-order valence-corrected chi connectivity index (χ0v) is 15.7. The van der Waals surface area contributed by atoms with Crippen LogP contribution in [0.5, 0.6) is 0 Å². The van der Waals surface area contributed by atoms with Crippen LogP contribution in [0.1, 0.15) is 27.7 Å². The number of rotatable bonds is 13. The molecule has 9 heteroatoms. The maximum Gasteiger partial charge on any atom is 0.303 e. The molecule has 2 atom stereocenters. The fraction of sp³-hybridized carbons (Fsp3) is 0.929. The first-order valence-corrected chi connectivity index (χ1v) is 9.32. The van der Waals surface area contributed by atoms with Crippen molar-refractivity contribution in [2.24, 2.45) is 0 Å². The van der Waals surface area contributed by atoms with Crippen LogP contribution >= 0.6 is 7.82 Å². The molecular formula is C14H30NO7P. The van der Waals surface area contributed by atoms with Gasteiger partial charge in [0.15, 0.2) is 0 Å². The van der Waals surface area contributed by atoms with E-state index in [2.05, 4.69) is 0 Å². The first kappa shape index (κ1) is 22.5. The molecule has 0 saturated carbocycles. The van der Waals surface area contributed by atoms with Crippen molar-refractivity contribution >= 4 is 13.8 Å². The third kappa shape index (κ3) is 10.8. The summed E-state index contributed by atoms with van der Waals surface area (Å²) in [4.78, 5) is 22.7. The second kappa shape index (κ2) is 11.1.